The molecule has 6 nitrogen and oxygen atoms in total. The molecule has 0 bridgehead atoms. The number of benzene rings is 1. The number of carbonyl (C=O) groups excluding carboxylic acids is 2. The van der Waals surface area contributed by atoms with E-state index in [4.69, 9.17) is 5.26 Å². The highest BCUT2D eigenvalue weighted by molar-refractivity contribution is 6.46. The number of pyridine rings is 1. The summed E-state index contributed by atoms with van der Waals surface area (Å²) in [4.78, 5) is 30.0. The van der Waals surface area contributed by atoms with E-state index in [1.165, 1.54) is 6.20 Å². The van der Waals surface area contributed by atoms with E-state index >= 15 is 0 Å². The van der Waals surface area contributed by atoms with Crippen LogP contribution >= 0.6 is 0 Å². The zero-order chi connectivity index (χ0) is 17.1. The van der Waals surface area contributed by atoms with E-state index in [-0.39, 0.29) is 17.9 Å². The first-order chi connectivity index (χ1) is 11.6. The minimum Gasteiger partial charge on any atom is -0.507 e. The van der Waals surface area contributed by atoms with Crippen molar-refractivity contribution < 1.29 is 14.7 Å². The molecule has 1 aliphatic heterocycles. The van der Waals surface area contributed by atoms with Crippen molar-refractivity contribution in [1.82, 2.24) is 9.88 Å². The van der Waals surface area contributed by atoms with Crippen molar-refractivity contribution in [1.29, 1.82) is 5.26 Å². The van der Waals surface area contributed by atoms with Crippen molar-refractivity contribution in [3.05, 3.63) is 71.6 Å². The lowest BCUT2D eigenvalue weighted by molar-refractivity contribution is -0.139. The van der Waals surface area contributed by atoms with Gasteiger partial charge in [0, 0.05) is 11.8 Å². The van der Waals surface area contributed by atoms with Crippen LogP contribution in [0.25, 0.3) is 5.76 Å². The Kier molecular flexibility index (Phi) is 4.08. The van der Waals surface area contributed by atoms with E-state index in [1.54, 1.807) is 48.5 Å². The smallest absolute Gasteiger partial charge is 0.296 e. The summed E-state index contributed by atoms with van der Waals surface area (Å²) in [7, 11) is 0. The molecule has 2 aromatic rings. The van der Waals surface area contributed by atoms with E-state index in [1.807, 2.05) is 6.07 Å². The van der Waals surface area contributed by atoms with Crippen LogP contribution in [0.15, 0.2) is 60.3 Å². The second-order valence-electron chi connectivity index (χ2n) is 5.21. The van der Waals surface area contributed by atoms with Gasteiger partial charge in [-0.15, -0.1) is 0 Å². The van der Waals surface area contributed by atoms with Crippen molar-refractivity contribution in [2.45, 2.75) is 6.04 Å². The van der Waals surface area contributed by atoms with Crippen LogP contribution < -0.4 is 0 Å². The molecule has 0 aliphatic carbocycles. The fourth-order valence-corrected chi connectivity index (χ4v) is 2.72. The Morgan fingerprint density at radius 3 is 2.50 bits per heavy atom. The standard InChI is InChI=1S/C18H13N3O3/c19-9-11-21-15(13-8-4-5-10-20-13)14(17(23)18(21)24)16(22)12-6-2-1-3-7-12/h1-8,10,15,22H,11H2/b16-14+. The predicted octanol–water partition coefficient (Wildman–Crippen LogP) is 2.03. The number of aliphatic hydroxyl groups is 1. The van der Waals surface area contributed by atoms with Gasteiger partial charge in [-0.1, -0.05) is 36.4 Å². The maximum absolute atomic E-state index is 12.4. The average Bonchev–Trinajstić information content (AvgIpc) is 2.88. The van der Waals surface area contributed by atoms with Gasteiger partial charge in [0.2, 0.25) is 0 Å². The molecule has 0 radical (unpaired) electrons. The van der Waals surface area contributed by atoms with Gasteiger partial charge < -0.3 is 10.0 Å². The number of likely N-dealkylation sites (tertiary alicyclic amines) is 1. The Hall–Kier alpha value is -3.46. The number of ketones is 1. The lowest BCUT2D eigenvalue weighted by Gasteiger charge is -2.21. The summed E-state index contributed by atoms with van der Waals surface area (Å²) < 4.78 is 0. The predicted molar refractivity (Wildman–Crippen MR) is 85.3 cm³/mol. The third kappa shape index (κ3) is 2.52. The average molecular weight is 319 g/mol. The maximum atomic E-state index is 12.4. The monoisotopic (exact) mass is 319 g/mol. The maximum Gasteiger partial charge on any atom is 0.296 e. The minimum atomic E-state index is -0.883. The highest BCUT2D eigenvalue weighted by Gasteiger charge is 2.46. The Morgan fingerprint density at radius 1 is 1.17 bits per heavy atom. The molecular weight excluding hydrogens is 306 g/mol. The molecule has 1 amide bonds. The van der Waals surface area contributed by atoms with Crippen LogP contribution in [-0.2, 0) is 9.59 Å². The summed E-state index contributed by atoms with van der Waals surface area (Å²) in [6.45, 7) is -0.266. The summed E-state index contributed by atoms with van der Waals surface area (Å²) in [5.41, 5.74) is 0.790. The van der Waals surface area contributed by atoms with Gasteiger partial charge in [0.1, 0.15) is 18.3 Å². The molecule has 1 fully saturated rings. The third-order valence-corrected chi connectivity index (χ3v) is 3.80. The number of nitrogens with zero attached hydrogens (tertiary/aromatic N) is 3. The molecule has 1 aromatic heterocycles. The second-order valence-corrected chi connectivity index (χ2v) is 5.21. The molecular formula is C18H13N3O3. The van der Waals surface area contributed by atoms with Crippen LogP contribution in [0.2, 0.25) is 0 Å². The molecule has 0 saturated carbocycles. The molecule has 6 heteroatoms. The van der Waals surface area contributed by atoms with E-state index in [0.29, 0.717) is 11.3 Å². The van der Waals surface area contributed by atoms with Crippen molar-refractivity contribution in [3.63, 3.8) is 0 Å². The first-order valence-electron chi connectivity index (χ1n) is 7.27. The van der Waals surface area contributed by atoms with Crippen molar-refractivity contribution >= 4 is 17.4 Å². The van der Waals surface area contributed by atoms with Crippen LogP contribution in [0, 0.1) is 11.3 Å². The van der Waals surface area contributed by atoms with Gasteiger partial charge in [0.15, 0.2) is 0 Å². The molecule has 3 rings (SSSR count). The molecule has 1 atom stereocenters. The van der Waals surface area contributed by atoms with Crippen LogP contribution in [-0.4, -0.2) is 33.2 Å². The number of carbonyl (C=O) groups is 2. The molecule has 2 heterocycles. The lowest BCUT2D eigenvalue weighted by Crippen LogP contribution is -2.30. The number of amides is 1. The molecule has 1 unspecified atom stereocenters. The summed E-state index contributed by atoms with van der Waals surface area (Å²) in [5.74, 6) is -1.91. The number of Topliss-reactive ketones (excluding diaryl/α,β-unsaturated/α-hetero) is 1. The van der Waals surface area contributed by atoms with Crippen LogP contribution in [0.3, 0.4) is 0 Å². The lowest BCUT2D eigenvalue weighted by atomic mass is 9.98. The number of aromatic nitrogens is 1. The van der Waals surface area contributed by atoms with Crippen molar-refractivity contribution in [3.8, 4) is 6.07 Å². The van der Waals surface area contributed by atoms with E-state index in [2.05, 4.69) is 4.98 Å². The Balaban J connectivity index is 2.20. The number of hydrogen-bond donors (Lipinski definition) is 1. The SMILES string of the molecule is N#CCN1C(=O)C(=O)/C(=C(/O)c2ccccc2)C1c1ccccn1. The Bertz CT molecular complexity index is 854. The van der Waals surface area contributed by atoms with Gasteiger partial charge >= 0.3 is 0 Å². The number of hydrogen-bond acceptors (Lipinski definition) is 5. The fourth-order valence-electron chi connectivity index (χ4n) is 2.72. The van der Waals surface area contributed by atoms with Crippen LogP contribution in [0.1, 0.15) is 17.3 Å². The normalized spacial score (nSPS) is 19.3. The van der Waals surface area contributed by atoms with Gasteiger partial charge in [-0.25, -0.2) is 0 Å². The first-order valence-corrected chi connectivity index (χ1v) is 7.27. The molecule has 24 heavy (non-hydrogen) atoms. The van der Waals surface area contributed by atoms with Gasteiger partial charge in [0.25, 0.3) is 11.7 Å². The molecule has 1 saturated heterocycles. The largest absolute Gasteiger partial charge is 0.507 e. The molecule has 1 aliphatic rings. The van der Waals surface area contributed by atoms with Gasteiger partial charge in [0.05, 0.1) is 17.3 Å². The van der Waals surface area contributed by atoms with Crippen LogP contribution in [0.5, 0.6) is 0 Å². The van der Waals surface area contributed by atoms with Gasteiger partial charge in [-0.3, -0.25) is 14.6 Å². The Labute approximate surface area is 138 Å². The topological polar surface area (TPSA) is 94.3 Å². The quantitative estimate of drug-likeness (QED) is 0.404. The van der Waals surface area contributed by atoms with E-state index in [0.717, 1.165) is 4.90 Å². The molecule has 1 N–H and O–H groups in total. The highest BCUT2D eigenvalue weighted by atomic mass is 16.3. The highest BCUT2D eigenvalue weighted by Crippen LogP contribution is 2.38. The molecule has 0 spiro atoms. The summed E-state index contributed by atoms with van der Waals surface area (Å²) >= 11 is 0. The van der Waals surface area contributed by atoms with Crippen molar-refractivity contribution in [2.24, 2.45) is 0 Å². The van der Waals surface area contributed by atoms with E-state index < -0.39 is 17.7 Å². The number of aliphatic hydroxyl groups excluding tert-OH is 1. The molecule has 1 aromatic carbocycles. The molecule has 118 valence electrons. The van der Waals surface area contributed by atoms with Crippen molar-refractivity contribution in [2.75, 3.05) is 6.54 Å². The van der Waals surface area contributed by atoms with E-state index in [9.17, 15) is 14.7 Å². The summed E-state index contributed by atoms with van der Waals surface area (Å²) in [5, 5.41) is 19.6. The third-order valence-electron chi connectivity index (χ3n) is 3.80. The minimum absolute atomic E-state index is 0.0554. The first kappa shape index (κ1) is 15.4. The summed E-state index contributed by atoms with van der Waals surface area (Å²) in [6.07, 6.45) is 1.53. The zero-order valence-corrected chi connectivity index (χ0v) is 12.6. The summed E-state index contributed by atoms with van der Waals surface area (Å²) in [6, 6.07) is 14.6. The zero-order valence-electron chi connectivity index (χ0n) is 12.6. The fraction of sp³-hybridized carbons (Fsp3) is 0.111. The van der Waals surface area contributed by atoms with Crippen LogP contribution in [0.4, 0.5) is 0 Å². The second kappa shape index (κ2) is 6.34. The van der Waals surface area contributed by atoms with Gasteiger partial charge in [-0.2, -0.15) is 5.26 Å². The van der Waals surface area contributed by atoms with Gasteiger partial charge in [-0.05, 0) is 12.1 Å². The number of rotatable bonds is 3. The number of nitriles is 1. The Morgan fingerprint density at radius 2 is 1.88 bits per heavy atom.